The van der Waals surface area contributed by atoms with Crippen molar-refractivity contribution in [3.63, 3.8) is 0 Å². The molecule has 1 N–H and O–H groups in total. The maximum absolute atomic E-state index is 10.1. The second-order valence-corrected chi connectivity index (χ2v) is 4.09. The summed E-state index contributed by atoms with van der Waals surface area (Å²) in [6.07, 6.45) is 2.75. The Labute approximate surface area is 90.2 Å². The van der Waals surface area contributed by atoms with Gasteiger partial charge in [-0.3, -0.25) is 0 Å². The lowest BCUT2D eigenvalue weighted by molar-refractivity contribution is 0.0247. The minimum absolute atomic E-state index is 0.658. The second-order valence-electron chi connectivity index (χ2n) is 4.09. The van der Waals surface area contributed by atoms with Gasteiger partial charge in [-0.2, -0.15) is 0 Å². The maximum Gasteiger partial charge on any atom is 0.118 e. The molecule has 0 radical (unpaired) electrons. The molecule has 1 saturated carbocycles. The van der Waals surface area contributed by atoms with E-state index in [4.69, 9.17) is 4.74 Å². The molecular weight excluding hydrogens is 188 g/mol. The summed E-state index contributed by atoms with van der Waals surface area (Å²) in [4.78, 5) is 0. The van der Waals surface area contributed by atoms with Crippen LogP contribution in [0.4, 0.5) is 0 Å². The quantitative estimate of drug-likeness (QED) is 0.820. The van der Waals surface area contributed by atoms with Crippen LogP contribution in [0.5, 0.6) is 5.75 Å². The van der Waals surface area contributed by atoms with Gasteiger partial charge in [0.15, 0.2) is 0 Å². The molecule has 1 aliphatic carbocycles. The van der Waals surface area contributed by atoms with Crippen LogP contribution in [0.3, 0.4) is 0 Å². The van der Waals surface area contributed by atoms with Crippen molar-refractivity contribution in [2.75, 3.05) is 7.11 Å². The lowest BCUT2D eigenvalue weighted by atomic mass is 9.73. The highest BCUT2D eigenvalue weighted by Crippen LogP contribution is 2.41. The van der Waals surface area contributed by atoms with E-state index >= 15 is 0 Å². The van der Waals surface area contributed by atoms with Crippen LogP contribution in [0, 0.1) is 0 Å². The first kappa shape index (κ1) is 10.2. The predicted octanol–water partition coefficient (Wildman–Crippen LogP) is 2.62. The number of ether oxygens (including phenoxy) is 1. The van der Waals surface area contributed by atoms with Gasteiger partial charge in [-0.25, -0.2) is 0 Å². The third kappa shape index (κ3) is 1.77. The molecular formula is C13H16O2. The number of methoxy groups -OCH3 is 1. The average Bonchev–Trinajstić information content (AvgIpc) is 2.25. The van der Waals surface area contributed by atoms with Crippen LogP contribution in [-0.2, 0) is 0 Å². The Bertz CT molecular complexity index is 361. The van der Waals surface area contributed by atoms with Crippen LogP contribution in [0.2, 0.25) is 0 Å². The third-order valence-corrected chi connectivity index (χ3v) is 3.18. The molecule has 80 valence electrons. The lowest BCUT2D eigenvalue weighted by Crippen LogP contribution is -2.37. The largest absolute Gasteiger partial charge is 0.497 e. The Kier molecular flexibility index (Phi) is 2.53. The molecule has 0 spiro atoms. The lowest BCUT2D eigenvalue weighted by Gasteiger charge is -2.38. The summed E-state index contributed by atoms with van der Waals surface area (Å²) in [5, 5.41) is 10.1. The van der Waals surface area contributed by atoms with Crippen LogP contribution < -0.4 is 4.74 Å². The summed E-state index contributed by atoms with van der Waals surface area (Å²) >= 11 is 0. The molecule has 2 nitrogen and oxygen atoms in total. The Hall–Kier alpha value is -1.28. The van der Waals surface area contributed by atoms with Crippen molar-refractivity contribution >= 4 is 5.57 Å². The van der Waals surface area contributed by atoms with E-state index in [1.807, 2.05) is 24.3 Å². The van der Waals surface area contributed by atoms with Crippen LogP contribution in [0.15, 0.2) is 30.8 Å². The van der Waals surface area contributed by atoms with Crippen LogP contribution in [0.25, 0.3) is 5.57 Å². The van der Waals surface area contributed by atoms with Crippen molar-refractivity contribution in [3.8, 4) is 5.75 Å². The summed E-state index contributed by atoms with van der Waals surface area (Å²) in [5.74, 6) is 0.826. The van der Waals surface area contributed by atoms with Gasteiger partial charge in [0.1, 0.15) is 5.75 Å². The van der Waals surface area contributed by atoms with E-state index < -0.39 is 5.60 Å². The van der Waals surface area contributed by atoms with Crippen molar-refractivity contribution in [2.24, 2.45) is 0 Å². The smallest absolute Gasteiger partial charge is 0.118 e. The Balaban J connectivity index is 2.18. The molecule has 2 heteroatoms. The van der Waals surface area contributed by atoms with Gasteiger partial charge in [0.2, 0.25) is 0 Å². The Morgan fingerprint density at radius 1 is 1.33 bits per heavy atom. The van der Waals surface area contributed by atoms with Gasteiger partial charge < -0.3 is 9.84 Å². The van der Waals surface area contributed by atoms with E-state index in [2.05, 4.69) is 6.58 Å². The van der Waals surface area contributed by atoms with Gasteiger partial charge in [0.25, 0.3) is 0 Å². The first-order valence-electron chi connectivity index (χ1n) is 5.22. The molecule has 15 heavy (non-hydrogen) atoms. The van der Waals surface area contributed by atoms with E-state index in [1.54, 1.807) is 7.11 Å². The molecule has 0 bridgehead atoms. The summed E-state index contributed by atoms with van der Waals surface area (Å²) in [6.45, 7) is 3.98. The molecule has 0 atom stereocenters. The number of hydrogen-bond donors (Lipinski definition) is 1. The van der Waals surface area contributed by atoms with E-state index in [0.29, 0.717) is 0 Å². The fourth-order valence-electron chi connectivity index (χ4n) is 1.87. The van der Waals surface area contributed by atoms with E-state index in [0.717, 1.165) is 36.1 Å². The van der Waals surface area contributed by atoms with E-state index in [1.165, 1.54) is 0 Å². The monoisotopic (exact) mass is 204 g/mol. The minimum Gasteiger partial charge on any atom is -0.497 e. The minimum atomic E-state index is -0.658. The molecule has 1 fully saturated rings. The SMILES string of the molecule is C=C(c1ccc(OC)cc1)C1(O)CCC1. The van der Waals surface area contributed by atoms with Gasteiger partial charge in [-0.15, -0.1) is 0 Å². The zero-order chi connectivity index (χ0) is 10.9. The van der Waals surface area contributed by atoms with Gasteiger partial charge in [0, 0.05) is 0 Å². The molecule has 0 unspecified atom stereocenters. The van der Waals surface area contributed by atoms with Crippen LogP contribution in [0.1, 0.15) is 24.8 Å². The Morgan fingerprint density at radius 2 is 1.93 bits per heavy atom. The Morgan fingerprint density at radius 3 is 2.33 bits per heavy atom. The molecule has 0 aromatic heterocycles. The molecule has 0 amide bonds. The van der Waals surface area contributed by atoms with Gasteiger partial charge in [-0.1, -0.05) is 18.7 Å². The standard InChI is InChI=1S/C13H16O2/c1-10(13(14)8-3-9-13)11-4-6-12(15-2)7-5-11/h4-7,14H,1,3,8-9H2,2H3. The summed E-state index contributed by atoms with van der Waals surface area (Å²) in [7, 11) is 1.64. The normalized spacial score (nSPS) is 18.0. The average molecular weight is 204 g/mol. The molecule has 0 aliphatic heterocycles. The number of benzene rings is 1. The van der Waals surface area contributed by atoms with E-state index in [9.17, 15) is 5.11 Å². The fourth-order valence-corrected chi connectivity index (χ4v) is 1.87. The maximum atomic E-state index is 10.1. The summed E-state index contributed by atoms with van der Waals surface area (Å²) in [5.41, 5.74) is 1.17. The second kappa shape index (κ2) is 3.70. The van der Waals surface area contributed by atoms with Crippen molar-refractivity contribution < 1.29 is 9.84 Å². The summed E-state index contributed by atoms with van der Waals surface area (Å²) < 4.78 is 5.08. The summed E-state index contributed by atoms with van der Waals surface area (Å²) in [6, 6.07) is 7.67. The highest BCUT2D eigenvalue weighted by atomic mass is 16.5. The van der Waals surface area contributed by atoms with Crippen LogP contribution in [-0.4, -0.2) is 17.8 Å². The molecule has 1 aromatic carbocycles. The first-order valence-corrected chi connectivity index (χ1v) is 5.22. The van der Waals surface area contributed by atoms with Gasteiger partial charge >= 0.3 is 0 Å². The van der Waals surface area contributed by atoms with Crippen molar-refractivity contribution in [1.82, 2.24) is 0 Å². The number of aliphatic hydroxyl groups is 1. The van der Waals surface area contributed by atoms with Crippen molar-refractivity contribution in [1.29, 1.82) is 0 Å². The molecule has 0 heterocycles. The molecule has 0 saturated heterocycles. The fraction of sp³-hybridized carbons (Fsp3) is 0.385. The van der Waals surface area contributed by atoms with E-state index in [-0.39, 0.29) is 0 Å². The molecule has 2 rings (SSSR count). The van der Waals surface area contributed by atoms with Crippen LogP contribution >= 0.6 is 0 Å². The zero-order valence-corrected chi connectivity index (χ0v) is 8.99. The van der Waals surface area contributed by atoms with Gasteiger partial charge in [-0.05, 0) is 42.5 Å². The van der Waals surface area contributed by atoms with Crippen molar-refractivity contribution in [3.05, 3.63) is 36.4 Å². The number of rotatable bonds is 3. The molecule has 1 aliphatic rings. The first-order chi connectivity index (χ1) is 7.15. The highest BCUT2D eigenvalue weighted by molar-refractivity contribution is 5.71. The predicted molar refractivity (Wildman–Crippen MR) is 60.8 cm³/mol. The number of hydrogen-bond acceptors (Lipinski definition) is 2. The van der Waals surface area contributed by atoms with Crippen molar-refractivity contribution in [2.45, 2.75) is 24.9 Å². The zero-order valence-electron chi connectivity index (χ0n) is 8.99. The van der Waals surface area contributed by atoms with Gasteiger partial charge in [0.05, 0.1) is 12.7 Å². The third-order valence-electron chi connectivity index (χ3n) is 3.18. The topological polar surface area (TPSA) is 29.5 Å². The molecule has 1 aromatic rings. The highest BCUT2D eigenvalue weighted by Gasteiger charge is 2.37.